The Labute approximate surface area is 100 Å². The van der Waals surface area contributed by atoms with Crippen molar-refractivity contribution >= 4 is 15.9 Å². The molecule has 0 atom stereocenters. The lowest BCUT2D eigenvalue weighted by molar-refractivity contribution is 0.458. The lowest BCUT2D eigenvalue weighted by Gasteiger charge is -2.26. The first-order valence-corrected chi connectivity index (χ1v) is 6.45. The molecular weight excluding hydrogens is 250 g/mol. The van der Waals surface area contributed by atoms with Crippen LogP contribution < -0.4 is 5.32 Å². The number of benzene rings is 1. The topological polar surface area (TPSA) is 12.0 Å². The summed E-state index contributed by atoms with van der Waals surface area (Å²) in [6.45, 7) is 6.71. The standard InChI is InChI=1S/C13H18BrN/c1-9-3-4-10(2)13(14)12(9)11-5-7-15-8-6-11/h3-4,11,15H,5-8H2,1-2H3. The maximum Gasteiger partial charge on any atom is 0.0241 e. The molecule has 1 aliphatic rings. The molecule has 2 heteroatoms. The van der Waals surface area contributed by atoms with Crippen molar-refractivity contribution in [1.29, 1.82) is 0 Å². The van der Waals surface area contributed by atoms with Crippen molar-refractivity contribution in [1.82, 2.24) is 5.32 Å². The predicted octanol–water partition coefficient (Wildman–Crippen LogP) is 3.53. The molecule has 1 aliphatic heterocycles. The van der Waals surface area contributed by atoms with Gasteiger partial charge in [0.05, 0.1) is 0 Å². The Hall–Kier alpha value is -0.340. The van der Waals surface area contributed by atoms with Crippen molar-refractivity contribution in [2.75, 3.05) is 13.1 Å². The van der Waals surface area contributed by atoms with Gasteiger partial charge in [-0.15, -0.1) is 0 Å². The molecule has 0 spiro atoms. The highest BCUT2D eigenvalue weighted by atomic mass is 79.9. The molecular formula is C13H18BrN. The van der Waals surface area contributed by atoms with Crippen LogP contribution in [0.15, 0.2) is 16.6 Å². The molecule has 0 radical (unpaired) electrons. The van der Waals surface area contributed by atoms with E-state index in [0.717, 1.165) is 19.0 Å². The highest BCUT2D eigenvalue weighted by molar-refractivity contribution is 9.10. The van der Waals surface area contributed by atoms with Gasteiger partial charge in [-0.25, -0.2) is 0 Å². The van der Waals surface area contributed by atoms with E-state index in [2.05, 4.69) is 47.2 Å². The third-order valence-electron chi connectivity index (χ3n) is 3.34. The summed E-state index contributed by atoms with van der Waals surface area (Å²) in [5, 5.41) is 3.42. The van der Waals surface area contributed by atoms with Crippen molar-refractivity contribution in [3.05, 3.63) is 33.3 Å². The largest absolute Gasteiger partial charge is 0.317 e. The Kier molecular flexibility index (Phi) is 3.47. The Morgan fingerprint density at radius 1 is 1.13 bits per heavy atom. The van der Waals surface area contributed by atoms with E-state index < -0.39 is 0 Å². The van der Waals surface area contributed by atoms with Crippen LogP contribution in [0.5, 0.6) is 0 Å². The zero-order valence-corrected chi connectivity index (χ0v) is 11.0. The minimum atomic E-state index is 0.737. The third kappa shape index (κ3) is 2.26. The Morgan fingerprint density at radius 3 is 2.40 bits per heavy atom. The predicted molar refractivity (Wildman–Crippen MR) is 68.5 cm³/mol. The summed E-state index contributed by atoms with van der Waals surface area (Å²) in [5.41, 5.74) is 4.32. The van der Waals surface area contributed by atoms with Crippen LogP contribution in [0.2, 0.25) is 0 Å². The maximum absolute atomic E-state index is 3.75. The van der Waals surface area contributed by atoms with Gasteiger partial charge in [0.25, 0.3) is 0 Å². The van der Waals surface area contributed by atoms with Crippen molar-refractivity contribution in [3.63, 3.8) is 0 Å². The summed E-state index contributed by atoms with van der Waals surface area (Å²) in [6, 6.07) is 4.45. The first-order valence-electron chi connectivity index (χ1n) is 5.66. The van der Waals surface area contributed by atoms with Crippen LogP contribution in [-0.2, 0) is 0 Å². The lowest BCUT2D eigenvalue weighted by atomic mass is 9.86. The van der Waals surface area contributed by atoms with E-state index in [0.29, 0.717) is 0 Å². The Bertz CT molecular complexity index is 354. The van der Waals surface area contributed by atoms with Gasteiger partial charge < -0.3 is 5.32 Å². The number of aryl methyl sites for hydroxylation is 2. The smallest absolute Gasteiger partial charge is 0.0241 e. The van der Waals surface area contributed by atoms with Crippen molar-refractivity contribution < 1.29 is 0 Å². The second-order valence-electron chi connectivity index (χ2n) is 4.45. The normalized spacial score (nSPS) is 18.1. The summed E-state index contributed by atoms with van der Waals surface area (Å²) in [4.78, 5) is 0. The Balaban J connectivity index is 2.36. The third-order valence-corrected chi connectivity index (χ3v) is 4.39. The van der Waals surface area contributed by atoms with E-state index in [-0.39, 0.29) is 0 Å². The fourth-order valence-electron chi connectivity index (χ4n) is 2.41. The molecule has 0 unspecified atom stereocenters. The number of halogens is 1. The highest BCUT2D eigenvalue weighted by Crippen LogP contribution is 2.35. The fourth-order valence-corrected chi connectivity index (χ4v) is 3.18. The van der Waals surface area contributed by atoms with Crippen LogP contribution in [0.25, 0.3) is 0 Å². The lowest BCUT2D eigenvalue weighted by Crippen LogP contribution is -2.27. The van der Waals surface area contributed by atoms with E-state index in [9.17, 15) is 0 Å². The van der Waals surface area contributed by atoms with Crippen LogP contribution in [0.1, 0.15) is 35.4 Å². The van der Waals surface area contributed by atoms with Gasteiger partial charge >= 0.3 is 0 Å². The minimum absolute atomic E-state index is 0.737. The number of nitrogens with one attached hydrogen (secondary N) is 1. The SMILES string of the molecule is Cc1ccc(C)c(C2CCNCC2)c1Br. The second kappa shape index (κ2) is 4.67. The average molecular weight is 268 g/mol. The van der Waals surface area contributed by atoms with Gasteiger partial charge in [-0.05, 0) is 62.4 Å². The van der Waals surface area contributed by atoms with Crippen molar-refractivity contribution in [3.8, 4) is 0 Å². The molecule has 1 heterocycles. The molecule has 0 amide bonds. The van der Waals surface area contributed by atoms with Gasteiger partial charge in [-0.1, -0.05) is 28.1 Å². The summed E-state index contributed by atoms with van der Waals surface area (Å²) < 4.78 is 1.33. The van der Waals surface area contributed by atoms with Gasteiger partial charge in [0.15, 0.2) is 0 Å². The fraction of sp³-hybridized carbons (Fsp3) is 0.538. The zero-order chi connectivity index (χ0) is 10.8. The zero-order valence-electron chi connectivity index (χ0n) is 9.44. The van der Waals surface area contributed by atoms with Gasteiger partial charge in [0, 0.05) is 4.47 Å². The molecule has 1 aromatic rings. The number of piperidine rings is 1. The van der Waals surface area contributed by atoms with Crippen LogP contribution in [0.3, 0.4) is 0 Å². The summed E-state index contributed by atoms with van der Waals surface area (Å²) >= 11 is 3.75. The monoisotopic (exact) mass is 267 g/mol. The van der Waals surface area contributed by atoms with Gasteiger partial charge in [-0.3, -0.25) is 0 Å². The van der Waals surface area contributed by atoms with E-state index >= 15 is 0 Å². The molecule has 2 rings (SSSR count). The van der Waals surface area contributed by atoms with Gasteiger partial charge in [-0.2, -0.15) is 0 Å². The van der Waals surface area contributed by atoms with Gasteiger partial charge in [0.2, 0.25) is 0 Å². The minimum Gasteiger partial charge on any atom is -0.317 e. The van der Waals surface area contributed by atoms with E-state index in [1.165, 1.54) is 34.0 Å². The molecule has 0 saturated carbocycles. The number of hydrogen-bond acceptors (Lipinski definition) is 1. The molecule has 1 saturated heterocycles. The molecule has 0 aliphatic carbocycles. The average Bonchev–Trinajstić information content (AvgIpc) is 2.26. The van der Waals surface area contributed by atoms with Crippen LogP contribution in [0.4, 0.5) is 0 Å². The van der Waals surface area contributed by atoms with Crippen LogP contribution >= 0.6 is 15.9 Å². The van der Waals surface area contributed by atoms with Gasteiger partial charge in [0.1, 0.15) is 0 Å². The molecule has 1 N–H and O–H groups in total. The second-order valence-corrected chi connectivity index (χ2v) is 5.24. The van der Waals surface area contributed by atoms with Crippen molar-refractivity contribution in [2.24, 2.45) is 0 Å². The summed E-state index contributed by atoms with van der Waals surface area (Å²) in [5.74, 6) is 0.737. The molecule has 15 heavy (non-hydrogen) atoms. The summed E-state index contributed by atoms with van der Waals surface area (Å²) in [7, 11) is 0. The number of hydrogen-bond donors (Lipinski definition) is 1. The molecule has 82 valence electrons. The summed E-state index contributed by atoms with van der Waals surface area (Å²) in [6.07, 6.45) is 2.53. The Morgan fingerprint density at radius 2 is 1.73 bits per heavy atom. The van der Waals surface area contributed by atoms with Crippen molar-refractivity contribution in [2.45, 2.75) is 32.6 Å². The first kappa shape index (κ1) is 11.2. The molecule has 1 nitrogen and oxygen atoms in total. The maximum atomic E-state index is 3.75. The van der Waals surface area contributed by atoms with E-state index in [1.54, 1.807) is 0 Å². The quantitative estimate of drug-likeness (QED) is 0.821. The molecule has 1 fully saturated rings. The molecule has 0 aromatic heterocycles. The number of rotatable bonds is 1. The highest BCUT2D eigenvalue weighted by Gasteiger charge is 2.19. The molecule has 0 bridgehead atoms. The van der Waals surface area contributed by atoms with Crippen LogP contribution in [0, 0.1) is 13.8 Å². The molecule has 1 aromatic carbocycles. The van der Waals surface area contributed by atoms with E-state index in [4.69, 9.17) is 0 Å². The first-order chi connectivity index (χ1) is 7.20. The van der Waals surface area contributed by atoms with E-state index in [1.807, 2.05) is 0 Å². The van der Waals surface area contributed by atoms with Crippen LogP contribution in [-0.4, -0.2) is 13.1 Å².